The molecule has 0 aromatic heterocycles. The number of esters is 2. The van der Waals surface area contributed by atoms with Crippen molar-refractivity contribution >= 4 is 11.9 Å². The number of rotatable bonds is 12. The standard InChI is InChI=1S/C54H86O25/c1-49(2)13-15-54(48(71)79-46-41(69)42(77-44-39(67)36(64)32(60)25(19-56)74-44)34(62)27(76-46)21-72-43-38(66)35(63)31(59)24(18-55)73-43)16-14-51(4)22(23(54)17-49)7-8-28-50(3)11-10-30(58)53(6,29(50)9-12-52(28,51)5)47(70)78-45-40(68)37(65)33(61)26(20-57)75-45/h7,23-46,55-69H,8-21H2,1-6H3/t23-,24+,25+,26+,27+,28+,29+,30-,31+,32+,33-,34-,35-,36-,37-,38+,39+,40+,41+,42-,43+,44-,45-,46-,50+,51+,52+,53-,54-/m0/s1. The summed E-state index contributed by atoms with van der Waals surface area (Å²) in [6.45, 7) is 9.58. The number of ether oxygens (including phenoxy) is 8. The molecule has 452 valence electrons. The largest absolute Gasteiger partial charge is 0.432 e. The molecule has 29 atom stereocenters. The van der Waals surface area contributed by atoms with E-state index in [1.807, 2.05) is 0 Å². The molecule has 0 bridgehead atoms. The van der Waals surface area contributed by atoms with Gasteiger partial charge in [0.05, 0.1) is 43.4 Å². The zero-order valence-corrected chi connectivity index (χ0v) is 45.6. The van der Waals surface area contributed by atoms with Crippen LogP contribution in [0.25, 0.3) is 0 Å². The van der Waals surface area contributed by atoms with Gasteiger partial charge < -0.3 is 114 Å². The Kier molecular flexibility index (Phi) is 17.4. The fourth-order valence-corrected chi connectivity index (χ4v) is 16.2. The van der Waals surface area contributed by atoms with Crippen molar-refractivity contribution < 1.29 is 124 Å². The zero-order chi connectivity index (χ0) is 57.9. The summed E-state index contributed by atoms with van der Waals surface area (Å²) in [5, 5.41) is 160. The van der Waals surface area contributed by atoms with Gasteiger partial charge >= 0.3 is 11.9 Å². The predicted molar refractivity (Wildman–Crippen MR) is 264 cm³/mol. The van der Waals surface area contributed by atoms with Gasteiger partial charge in [0.15, 0.2) is 12.6 Å². The summed E-state index contributed by atoms with van der Waals surface area (Å²) in [7, 11) is 0. The van der Waals surface area contributed by atoms with Crippen LogP contribution in [0, 0.1) is 50.2 Å². The number of fused-ring (bicyclic) bond motifs is 7. The van der Waals surface area contributed by atoms with E-state index in [1.165, 1.54) is 0 Å². The normalized spacial score (nSPS) is 53.5. The molecule has 5 aliphatic carbocycles. The summed E-state index contributed by atoms with van der Waals surface area (Å²) in [6, 6.07) is 0. The maximum Gasteiger partial charge on any atom is 0.317 e. The highest BCUT2D eigenvalue weighted by Gasteiger charge is 2.72. The Morgan fingerprint density at radius 2 is 1.04 bits per heavy atom. The van der Waals surface area contributed by atoms with E-state index in [2.05, 4.69) is 40.7 Å². The average molecular weight is 1140 g/mol. The number of carbonyl (C=O) groups is 2. The van der Waals surface area contributed by atoms with Crippen molar-refractivity contribution in [3.05, 3.63) is 11.6 Å². The number of aliphatic hydroxyl groups excluding tert-OH is 15. The lowest BCUT2D eigenvalue weighted by molar-refractivity contribution is -0.363. The fourth-order valence-electron chi connectivity index (χ4n) is 16.2. The third-order valence-corrected chi connectivity index (χ3v) is 21.5. The van der Waals surface area contributed by atoms with Crippen LogP contribution in [0.15, 0.2) is 11.6 Å². The minimum absolute atomic E-state index is 0.0459. The molecule has 0 aromatic carbocycles. The van der Waals surface area contributed by atoms with Gasteiger partial charge in [0.1, 0.15) is 97.7 Å². The van der Waals surface area contributed by atoms with Crippen LogP contribution in [0.3, 0.4) is 0 Å². The van der Waals surface area contributed by atoms with E-state index in [0.717, 1.165) is 5.57 Å². The lowest BCUT2D eigenvalue weighted by atomic mass is 9.33. The maximum atomic E-state index is 15.5. The lowest BCUT2D eigenvalue weighted by Gasteiger charge is -2.71. The number of allylic oxidation sites excluding steroid dienone is 2. The Hall–Kier alpha value is -2.16. The highest BCUT2D eigenvalue weighted by molar-refractivity contribution is 5.79. The third-order valence-electron chi connectivity index (χ3n) is 21.5. The SMILES string of the molecule is CC1(C)CC[C@]2(C(=O)O[C@@H]3O[C@H](CO[C@@H]4O[C@H](CO)[C@@H](O)[C@H](O)[C@H]4O)[C@H](O)[C@H](O[C@@H]4O[C@H](CO)[C@@H](O)[C@H](O)[C@H]4O)[C@H]3O)CC[C@]3(C)C(=CC[C@@H]4[C@@]5(C)CC[C@H](O)[C@@](C)(C(=O)O[C@@H]6O[C@H](CO)[C@H](O)[C@H](O)[C@H]6O)[C@@H]5CC[C@]43C)[C@@H]2C1. The summed E-state index contributed by atoms with van der Waals surface area (Å²) < 4.78 is 46.5. The van der Waals surface area contributed by atoms with Crippen molar-refractivity contribution in [3.8, 4) is 0 Å². The second-order valence-corrected chi connectivity index (χ2v) is 26.1. The second-order valence-electron chi connectivity index (χ2n) is 26.1. The Bertz CT molecular complexity index is 2220. The molecule has 0 amide bonds. The summed E-state index contributed by atoms with van der Waals surface area (Å²) in [5.74, 6) is -2.42. The number of aliphatic hydroxyl groups is 15. The van der Waals surface area contributed by atoms with Crippen LogP contribution >= 0.6 is 0 Å². The lowest BCUT2D eigenvalue weighted by Crippen LogP contribution is -2.67. The minimum atomic E-state index is -2.03. The molecule has 0 radical (unpaired) electrons. The molecule has 4 heterocycles. The summed E-state index contributed by atoms with van der Waals surface area (Å²) in [6.07, 6.45) is -29.1. The van der Waals surface area contributed by atoms with E-state index in [-0.39, 0.29) is 17.8 Å². The summed E-state index contributed by atoms with van der Waals surface area (Å²) in [5.41, 5.74) is -3.34. The van der Waals surface area contributed by atoms with Gasteiger partial charge in [0.25, 0.3) is 0 Å². The third kappa shape index (κ3) is 9.95. The van der Waals surface area contributed by atoms with Crippen molar-refractivity contribution in [2.45, 2.75) is 235 Å². The molecule has 15 N–H and O–H groups in total. The number of hydrogen-bond acceptors (Lipinski definition) is 25. The van der Waals surface area contributed by atoms with Crippen LogP contribution in [0.4, 0.5) is 0 Å². The van der Waals surface area contributed by atoms with E-state index in [0.29, 0.717) is 57.8 Å². The monoisotopic (exact) mass is 1130 g/mol. The molecule has 0 aromatic rings. The minimum Gasteiger partial charge on any atom is -0.432 e. The van der Waals surface area contributed by atoms with Crippen molar-refractivity contribution in [2.24, 2.45) is 50.2 Å². The molecular formula is C54H86O25. The van der Waals surface area contributed by atoms with Crippen LogP contribution < -0.4 is 0 Å². The molecule has 4 saturated carbocycles. The Morgan fingerprint density at radius 3 is 1.63 bits per heavy atom. The van der Waals surface area contributed by atoms with Crippen LogP contribution in [0.5, 0.6) is 0 Å². The topological polar surface area (TPSA) is 411 Å². The smallest absolute Gasteiger partial charge is 0.317 e. The first-order chi connectivity index (χ1) is 37.0. The zero-order valence-electron chi connectivity index (χ0n) is 45.6. The van der Waals surface area contributed by atoms with Gasteiger partial charge in [-0.05, 0) is 111 Å². The maximum absolute atomic E-state index is 15.5. The van der Waals surface area contributed by atoms with Gasteiger partial charge in [-0.25, -0.2) is 0 Å². The van der Waals surface area contributed by atoms with Gasteiger partial charge in [0, 0.05) is 0 Å². The molecule has 79 heavy (non-hydrogen) atoms. The molecule has 8 fully saturated rings. The molecule has 9 rings (SSSR count). The van der Waals surface area contributed by atoms with E-state index in [9.17, 15) is 81.4 Å². The Morgan fingerprint density at radius 1 is 0.532 bits per heavy atom. The van der Waals surface area contributed by atoms with Crippen LogP contribution in [-0.4, -0.2) is 244 Å². The van der Waals surface area contributed by atoms with Crippen LogP contribution in [0.2, 0.25) is 0 Å². The first-order valence-electron chi connectivity index (χ1n) is 28.0. The van der Waals surface area contributed by atoms with E-state index >= 15 is 4.79 Å². The predicted octanol–water partition coefficient (Wildman–Crippen LogP) is -3.54. The van der Waals surface area contributed by atoms with Gasteiger partial charge in [0.2, 0.25) is 12.6 Å². The highest BCUT2D eigenvalue weighted by Crippen LogP contribution is 2.76. The van der Waals surface area contributed by atoms with Crippen molar-refractivity contribution in [1.29, 1.82) is 0 Å². The molecule has 0 spiro atoms. The van der Waals surface area contributed by atoms with Crippen molar-refractivity contribution in [1.82, 2.24) is 0 Å². The highest BCUT2D eigenvalue weighted by atomic mass is 16.8. The fraction of sp³-hybridized carbons (Fsp3) is 0.926. The van der Waals surface area contributed by atoms with Crippen molar-refractivity contribution in [3.63, 3.8) is 0 Å². The Labute approximate surface area is 457 Å². The molecule has 4 aliphatic heterocycles. The molecule has 9 aliphatic rings. The second kappa shape index (κ2) is 22.4. The van der Waals surface area contributed by atoms with Crippen LogP contribution in [-0.2, 0) is 47.5 Å². The van der Waals surface area contributed by atoms with E-state index in [4.69, 9.17) is 37.9 Å². The first kappa shape index (κ1) is 61.4. The Balaban J connectivity index is 0.991. The van der Waals surface area contributed by atoms with Gasteiger partial charge in [-0.1, -0.05) is 46.3 Å². The van der Waals surface area contributed by atoms with E-state index < -0.39 is 206 Å². The molecule has 0 unspecified atom stereocenters. The average Bonchev–Trinajstić information content (AvgIpc) is 3.58. The van der Waals surface area contributed by atoms with Gasteiger partial charge in [-0.2, -0.15) is 0 Å². The summed E-state index contributed by atoms with van der Waals surface area (Å²) >= 11 is 0. The van der Waals surface area contributed by atoms with E-state index in [1.54, 1.807) is 6.92 Å². The molecule has 25 heteroatoms. The molecule has 25 nitrogen and oxygen atoms in total. The van der Waals surface area contributed by atoms with Crippen LogP contribution in [0.1, 0.15) is 106 Å². The summed E-state index contributed by atoms with van der Waals surface area (Å²) in [4.78, 5) is 30.0. The number of hydrogen-bond donors (Lipinski definition) is 15. The van der Waals surface area contributed by atoms with Crippen molar-refractivity contribution in [2.75, 3.05) is 26.4 Å². The van der Waals surface area contributed by atoms with Gasteiger partial charge in [-0.15, -0.1) is 0 Å². The first-order valence-corrected chi connectivity index (χ1v) is 28.0. The number of carbonyl (C=O) groups excluding carboxylic acids is 2. The van der Waals surface area contributed by atoms with Gasteiger partial charge in [-0.3, -0.25) is 9.59 Å². The quantitative estimate of drug-likeness (QED) is 0.0665. The molecular weight excluding hydrogens is 1050 g/mol. The molecule has 4 saturated heterocycles.